The zero-order valence-electron chi connectivity index (χ0n) is 19.9. The zero-order chi connectivity index (χ0) is 23.8. The fourth-order valence-electron chi connectivity index (χ4n) is 4.12. The van der Waals surface area contributed by atoms with E-state index in [1.165, 1.54) is 5.56 Å². The number of amides is 1. The Kier molecular flexibility index (Phi) is 5.94. The molecule has 1 N–H and O–H groups in total. The third-order valence-corrected chi connectivity index (χ3v) is 6.14. The van der Waals surface area contributed by atoms with Crippen molar-refractivity contribution >= 4 is 22.5 Å². The van der Waals surface area contributed by atoms with Crippen LogP contribution in [0, 0.1) is 13.8 Å². The first-order valence-corrected chi connectivity index (χ1v) is 11.2. The normalized spacial score (nSPS) is 11.5. The van der Waals surface area contributed by atoms with Crippen molar-refractivity contribution in [1.82, 2.24) is 4.98 Å². The summed E-state index contributed by atoms with van der Waals surface area (Å²) in [5.41, 5.74) is 5.77. The number of benzene rings is 3. The fourth-order valence-corrected chi connectivity index (χ4v) is 4.12. The molecule has 0 spiro atoms. The lowest BCUT2D eigenvalue weighted by molar-refractivity contribution is 0.0985. The van der Waals surface area contributed by atoms with E-state index in [-0.39, 0.29) is 23.4 Å². The molecule has 4 aromatic rings. The summed E-state index contributed by atoms with van der Waals surface area (Å²) in [5.74, 6) is -0.131. The molecule has 33 heavy (non-hydrogen) atoms. The van der Waals surface area contributed by atoms with Crippen molar-refractivity contribution in [3.63, 3.8) is 0 Å². The van der Waals surface area contributed by atoms with Gasteiger partial charge in [-0.05, 0) is 65.6 Å². The molecule has 4 rings (SSSR count). The number of nitrogens with one attached hydrogen (secondary N) is 1. The topological polar surface area (TPSA) is 53.2 Å². The van der Waals surface area contributed by atoms with Crippen LogP contribution in [-0.2, 0) is 12.0 Å². The van der Waals surface area contributed by atoms with E-state index in [1.807, 2.05) is 86.6 Å². The van der Waals surface area contributed by atoms with Crippen molar-refractivity contribution in [3.05, 3.63) is 111 Å². The molecule has 4 heteroatoms. The number of para-hydroxylation sites is 2. The van der Waals surface area contributed by atoms with Crippen LogP contribution in [0.25, 0.3) is 10.9 Å². The number of carbonyl (C=O) groups excluding carboxylic acids is 1. The Bertz CT molecular complexity index is 1380. The first-order chi connectivity index (χ1) is 15.6. The molecule has 1 aromatic heterocycles. The summed E-state index contributed by atoms with van der Waals surface area (Å²) < 4.78 is 0. The molecule has 3 aromatic carbocycles. The first kappa shape index (κ1) is 22.5. The van der Waals surface area contributed by atoms with Crippen LogP contribution in [0.1, 0.15) is 53.4 Å². The van der Waals surface area contributed by atoms with Gasteiger partial charge in [-0.25, -0.2) is 0 Å². The van der Waals surface area contributed by atoms with Crippen LogP contribution < -0.4 is 10.5 Å². The Balaban J connectivity index is 1.78. The van der Waals surface area contributed by atoms with Crippen LogP contribution in [-0.4, -0.2) is 10.9 Å². The van der Waals surface area contributed by atoms with Gasteiger partial charge in [0, 0.05) is 16.8 Å². The maximum Gasteiger partial charge on any atom is 0.258 e. The molecule has 1 amide bonds. The molecule has 0 atom stereocenters. The summed E-state index contributed by atoms with van der Waals surface area (Å²) in [7, 11) is 0. The number of aromatic amines is 1. The molecular weight excluding hydrogens is 408 g/mol. The largest absolute Gasteiger partial charge is 0.321 e. The predicted octanol–water partition coefficient (Wildman–Crippen LogP) is 6.29. The SMILES string of the molecule is Cc1ccccc1N(Cc1cc2cccc(C)c2[nH]c1=O)C(=O)c1ccc(C(C)(C)C)cc1. The highest BCUT2D eigenvalue weighted by Crippen LogP contribution is 2.26. The number of fused-ring (bicyclic) bond motifs is 1. The third-order valence-electron chi connectivity index (χ3n) is 6.14. The summed E-state index contributed by atoms with van der Waals surface area (Å²) in [6, 6.07) is 23.4. The Hall–Kier alpha value is -3.66. The van der Waals surface area contributed by atoms with Crippen LogP contribution >= 0.6 is 0 Å². The van der Waals surface area contributed by atoms with Gasteiger partial charge in [-0.2, -0.15) is 0 Å². The lowest BCUT2D eigenvalue weighted by Gasteiger charge is -2.25. The van der Waals surface area contributed by atoms with Crippen molar-refractivity contribution in [2.24, 2.45) is 0 Å². The lowest BCUT2D eigenvalue weighted by Crippen LogP contribution is -2.33. The lowest BCUT2D eigenvalue weighted by atomic mass is 9.86. The van der Waals surface area contributed by atoms with E-state index in [9.17, 15) is 9.59 Å². The number of hydrogen-bond donors (Lipinski definition) is 1. The summed E-state index contributed by atoms with van der Waals surface area (Å²) in [5, 5.41) is 0.955. The number of anilines is 1. The highest BCUT2D eigenvalue weighted by Gasteiger charge is 2.22. The van der Waals surface area contributed by atoms with Gasteiger partial charge in [-0.15, -0.1) is 0 Å². The van der Waals surface area contributed by atoms with Crippen LogP contribution in [0.2, 0.25) is 0 Å². The summed E-state index contributed by atoms with van der Waals surface area (Å²) in [4.78, 5) is 31.4. The molecular formula is C29H30N2O2. The number of rotatable bonds is 4. The Morgan fingerprint density at radius 3 is 2.21 bits per heavy atom. The monoisotopic (exact) mass is 438 g/mol. The highest BCUT2D eigenvalue weighted by atomic mass is 16.2. The maximum atomic E-state index is 13.7. The van der Waals surface area contributed by atoms with Crippen LogP contribution in [0.3, 0.4) is 0 Å². The number of H-pyrrole nitrogens is 1. The smallest absolute Gasteiger partial charge is 0.258 e. The minimum atomic E-state index is -0.175. The number of nitrogens with zero attached hydrogens (tertiary/aromatic N) is 1. The molecule has 0 radical (unpaired) electrons. The van der Waals surface area contributed by atoms with Crippen molar-refractivity contribution in [2.75, 3.05) is 4.90 Å². The summed E-state index contributed by atoms with van der Waals surface area (Å²) in [6.45, 7) is 10.6. The Morgan fingerprint density at radius 1 is 0.879 bits per heavy atom. The molecule has 0 aliphatic carbocycles. The Morgan fingerprint density at radius 2 is 1.55 bits per heavy atom. The zero-order valence-corrected chi connectivity index (χ0v) is 19.9. The van der Waals surface area contributed by atoms with E-state index in [1.54, 1.807) is 4.90 Å². The van der Waals surface area contributed by atoms with E-state index in [4.69, 9.17) is 0 Å². The third kappa shape index (κ3) is 4.61. The van der Waals surface area contributed by atoms with Gasteiger partial charge in [-0.3, -0.25) is 9.59 Å². The summed E-state index contributed by atoms with van der Waals surface area (Å²) >= 11 is 0. The molecule has 0 bridgehead atoms. The van der Waals surface area contributed by atoms with Gasteiger partial charge in [0.2, 0.25) is 0 Å². The molecule has 0 saturated heterocycles. The average Bonchev–Trinajstić information content (AvgIpc) is 2.78. The van der Waals surface area contributed by atoms with Gasteiger partial charge in [0.05, 0.1) is 12.1 Å². The summed E-state index contributed by atoms with van der Waals surface area (Å²) in [6.07, 6.45) is 0. The van der Waals surface area contributed by atoms with Crippen molar-refractivity contribution in [1.29, 1.82) is 0 Å². The molecule has 0 saturated carbocycles. The van der Waals surface area contributed by atoms with E-state index >= 15 is 0 Å². The Labute approximate surface area is 194 Å². The van der Waals surface area contributed by atoms with Gasteiger partial charge in [0.15, 0.2) is 0 Å². The number of carbonyl (C=O) groups is 1. The molecule has 0 fully saturated rings. The predicted molar refractivity (Wildman–Crippen MR) is 136 cm³/mol. The van der Waals surface area contributed by atoms with E-state index in [0.29, 0.717) is 11.1 Å². The molecule has 0 unspecified atom stereocenters. The second-order valence-corrected chi connectivity index (χ2v) is 9.67. The van der Waals surface area contributed by atoms with Crippen LogP contribution in [0.15, 0.2) is 77.6 Å². The number of aryl methyl sites for hydroxylation is 2. The van der Waals surface area contributed by atoms with Gasteiger partial charge < -0.3 is 9.88 Å². The van der Waals surface area contributed by atoms with Gasteiger partial charge in [-0.1, -0.05) is 69.3 Å². The minimum absolute atomic E-state index is 0.00774. The van der Waals surface area contributed by atoms with Gasteiger partial charge >= 0.3 is 0 Å². The standard InChI is InChI=1S/C29H30N2O2/c1-19-9-6-7-12-25(19)31(28(33)21-13-15-24(16-14-21)29(3,4)5)18-23-17-22-11-8-10-20(2)26(22)30-27(23)32/h6-17H,18H2,1-5H3,(H,30,32). The minimum Gasteiger partial charge on any atom is -0.321 e. The molecule has 168 valence electrons. The number of hydrogen-bond acceptors (Lipinski definition) is 2. The molecule has 1 heterocycles. The maximum absolute atomic E-state index is 13.7. The molecule has 4 nitrogen and oxygen atoms in total. The quantitative estimate of drug-likeness (QED) is 0.407. The number of aromatic nitrogens is 1. The number of pyridine rings is 1. The van der Waals surface area contributed by atoms with E-state index < -0.39 is 0 Å². The molecule has 0 aliphatic rings. The average molecular weight is 439 g/mol. The van der Waals surface area contributed by atoms with Crippen LogP contribution in [0.5, 0.6) is 0 Å². The highest BCUT2D eigenvalue weighted by molar-refractivity contribution is 6.06. The van der Waals surface area contributed by atoms with Crippen molar-refractivity contribution in [3.8, 4) is 0 Å². The van der Waals surface area contributed by atoms with Crippen molar-refractivity contribution in [2.45, 2.75) is 46.6 Å². The van der Waals surface area contributed by atoms with E-state index in [2.05, 4.69) is 25.8 Å². The van der Waals surface area contributed by atoms with E-state index in [0.717, 1.165) is 27.7 Å². The first-order valence-electron chi connectivity index (χ1n) is 11.2. The second kappa shape index (κ2) is 8.70. The van der Waals surface area contributed by atoms with Gasteiger partial charge in [0.1, 0.15) is 0 Å². The van der Waals surface area contributed by atoms with Crippen LogP contribution in [0.4, 0.5) is 5.69 Å². The molecule has 0 aliphatic heterocycles. The second-order valence-electron chi connectivity index (χ2n) is 9.67. The fraction of sp³-hybridized carbons (Fsp3) is 0.241. The van der Waals surface area contributed by atoms with Gasteiger partial charge in [0.25, 0.3) is 11.5 Å². The van der Waals surface area contributed by atoms with Crippen molar-refractivity contribution < 1.29 is 4.79 Å².